The van der Waals surface area contributed by atoms with Gasteiger partial charge in [-0.05, 0) is 36.8 Å². The van der Waals surface area contributed by atoms with Crippen molar-refractivity contribution >= 4 is 0 Å². The first kappa shape index (κ1) is 15.5. The number of piperazine rings is 1. The quantitative estimate of drug-likeness (QED) is 0.910. The summed E-state index contributed by atoms with van der Waals surface area (Å²) in [7, 11) is 0. The third-order valence-electron chi connectivity index (χ3n) is 4.46. The lowest BCUT2D eigenvalue weighted by Gasteiger charge is -2.43. The van der Waals surface area contributed by atoms with Gasteiger partial charge in [0.1, 0.15) is 0 Å². The summed E-state index contributed by atoms with van der Waals surface area (Å²) in [5.74, 6) is 0. The Kier molecular flexibility index (Phi) is 4.55. The fraction of sp³-hybridized carbons (Fsp3) is 0.667. The van der Waals surface area contributed by atoms with Crippen molar-refractivity contribution in [3.8, 4) is 0 Å². The molecule has 0 aromatic heterocycles. The Bertz CT molecular complexity index is 426. The Morgan fingerprint density at radius 3 is 2.35 bits per heavy atom. The van der Waals surface area contributed by atoms with Crippen molar-refractivity contribution in [1.29, 1.82) is 0 Å². The van der Waals surface area contributed by atoms with Gasteiger partial charge in [-0.2, -0.15) is 0 Å². The predicted octanol–water partition coefficient (Wildman–Crippen LogP) is 3.21. The average Bonchev–Trinajstić information content (AvgIpc) is 2.36. The Morgan fingerprint density at radius 2 is 1.80 bits per heavy atom. The van der Waals surface area contributed by atoms with Crippen LogP contribution >= 0.6 is 0 Å². The smallest absolute Gasteiger partial charge is 0.0278 e. The van der Waals surface area contributed by atoms with Gasteiger partial charge in [0.15, 0.2) is 0 Å². The molecule has 1 aliphatic heterocycles. The molecule has 0 amide bonds. The molecular formula is C18H30N2. The fourth-order valence-electron chi connectivity index (χ4n) is 2.87. The van der Waals surface area contributed by atoms with Crippen LogP contribution in [-0.4, -0.2) is 36.6 Å². The molecule has 1 fully saturated rings. The van der Waals surface area contributed by atoms with Crippen LogP contribution in [0.4, 0.5) is 0 Å². The third kappa shape index (κ3) is 3.83. The normalized spacial score (nSPS) is 20.1. The van der Waals surface area contributed by atoms with Crippen molar-refractivity contribution in [3.63, 3.8) is 0 Å². The predicted molar refractivity (Wildman–Crippen MR) is 87.4 cm³/mol. The van der Waals surface area contributed by atoms with Crippen molar-refractivity contribution in [2.45, 2.75) is 52.0 Å². The second-order valence-electron chi connectivity index (χ2n) is 7.67. The molecule has 0 aliphatic carbocycles. The molecule has 0 radical (unpaired) electrons. The summed E-state index contributed by atoms with van der Waals surface area (Å²) < 4.78 is 0. The van der Waals surface area contributed by atoms with Gasteiger partial charge < -0.3 is 5.32 Å². The summed E-state index contributed by atoms with van der Waals surface area (Å²) in [6.45, 7) is 16.0. The van der Waals surface area contributed by atoms with E-state index >= 15 is 0 Å². The maximum atomic E-state index is 3.49. The number of hydrogen-bond donors (Lipinski definition) is 1. The van der Waals surface area contributed by atoms with Crippen molar-refractivity contribution in [3.05, 3.63) is 35.4 Å². The van der Waals surface area contributed by atoms with Crippen molar-refractivity contribution in [1.82, 2.24) is 10.2 Å². The zero-order valence-electron chi connectivity index (χ0n) is 13.8. The lowest BCUT2D eigenvalue weighted by atomic mass is 9.86. The molecule has 0 saturated carbocycles. The highest BCUT2D eigenvalue weighted by atomic mass is 15.2. The summed E-state index contributed by atoms with van der Waals surface area (Å²) >= 11 is 0. The van der Waals surface area contributed by atoms with Crippen LogP contribution in [-0.2, 0) is 11.8 Å². The van der Waals surface area contributed by atoms with E-state index in [1.54, 1.807) is 0 Å². The molecule has 2 rings (SSSR count). The monoisotopic (exact) mass is 274 g/mol. The van der Waals surface area contributed by atoms with E-state index in [9.17, 15) is 0 Å². The van der Waals surface area contributed by atoms with Crippen LogP contribution in [0.5, 0.6) is 0 Å². The Balaban J connectivity index is 1.94. The molecule has 0 atom stereocenters. The molecule has 0 bridgehead atoms. The van der Waals surface area contributed by atoms with E-state index in [1.807, 2.05) is 0 Å². The van der Waals surface area contributed by atoms with Crippen LogP contribution in [0.15, 0.2) is 24.3 Å². The van der Waals surface area contributed by atoms with E-state index in [-0.39, 0.29) is 11.0 Å². The SMILES string of the molecule is CC(C)(C)c1ccc(CCN2CCNCC2(C)C)cc1. The standard InChI is InChI=1S/C18H30N2/c1-17(2,3)16-8-6-15(7-9-16)10-12-20-13-11-19-14-18(20,4)5/h6-9,19H,10-14H2,1-5H3. The van der Waals surface area contributed by atoms with Gasteiger partial charge in [0.25, 0.3) is 0 Å². The summed E-state index contributed by atoms with van der Waals surface area (Å²) in [6, 6.07) is 9.18. The molecule has 2 heteroatoms. The highest BCUT2D eigenvalue weighted by Crippen LogP contribution is 2.23. The van der Waals surface area contributed by atoms with Crippen LogP contribution in [0.1, 0.15) is 45.7 Å². The van der Waals surface area contributed by atoms with Gasteiger partial charge in [-0.1, -0.05) is 45.0 Å². The summed E-state index contributed by atoms with van der Waals surface area (Å²) in [6.07, 6.45) is 1.15. The van der Waals surface area contributed by atoms with Crippen LogP contribution < -0.4 is 5.32 Å². The average molecular weight is 274 g/mol. The van der Waals surface area contributed by atoms with Gasteiger partial charge in [-0.15, -0.1) is 0 Å². The zero-order chi connectivity index (χ0) is 14.8. The Labute approximate surface area is 124 Å². The topological polar surface area (TPSA) is 15.3 Å². The second-order valence-corrected chi connectivity index (χ2v) is 7.67. The second kappa shape index (κ2) is 5.87. The molecular weight excluding hydrogens is 244 g/mol. The molecule has 112 valence electrons. The number of nitrogens with zero attached hydrogens (tertiary/aromatic N) is 1. The minimum atomic E-state index is 0.249. The largest absolute Gasteiger partial charge is 0.314 e. The number of benzene rings is 1. The Hall–Kier alpha value is -0.860. The first-order chi connectivity index (χ1) is 9.29. The highest BCUT2D eigenvalue weighted by Gasteiger charge is 2.28. The molecule has 1 aliphatic rings. The van der Waals surface area contributed by atoms with E-state index in [2.05, 4.69) is 69.1 Å². The van der Waals surface area contributed by atoms with Crippen molar-refractivity contribution in [2.75, 3.05) is 26.2 Å². The van der Waals surface area contributed by atoms with E-state index in [0.29, 0.717) is 0 Å². The molecule has 0 spiro atoms. The van der Waals surface area contributed by atoms with Crippen LogP contribution in [0.2, 0.25) is 0 Å². The minimum absolute atomic E-state index is 0.249. The highest BCUT2D eigenvalue weighted by molar-refractivity contribution is 5.27. The molecule has 1 aromatic carbocycles. The van der Waals surface area contributed by atoms with Gasteiger partial charge >= 0.3 is 0 Å². The maximum Gasteiger partial charge on any atom is 0.0278 e. The molecule has 0 unspecified atom stereocenters. The number of nitrogens with one attached hydrogen (secondary N) is 1. The van der Waals surface area contributed by atoms with Crippen molar-refractivity contribution < 1.29 is 0 Å². The molecule has 20 heavy (non-hydrogen) atoms. The van der Waals surface area contributed by atoms with Crippen LogP contribution in [0, 0.1) is 0 Å². The van der Waals surface area contributed by atoms with E-state index in [0.717, 1.165) is 32.6 Å². The first-order valence-corrected chi connectivity index (χ1v) is 7.84. The van der Waals surface area contributed by atoms with Crippen LogP contribution in [0.25, 0.3) is 0 Å². The van der Waals surface area contributed by atoms with Crippen molar-refractivity contribution in [2.24, 2.45) is 0 Å². The van der Waals surface area contributed by atoms with Gasteiger partial charge in [-0.25, -0.2) is 0 Å². The van der Waals surface area contributed by atoms with E-state index in [1.165, 1.54) is 11.1 Å². The Morgan fingerprint density at radius 1 is 1.15 bits per heavy atom. The third-order valence-corrected chi connectivity index (χ3v) is 4.46. The molecule has 1 aromatic rings. The van der Waals surface area contributed by atoms with E-state index in [4.69, 9.17) is 0 Å². The van der Waals surface area contributed by atoms with Gasteiger partial charge in [0, 0.05) is 31.7 Å². The zero-order valence-corrected chi connectivity index (χ0v) is 13.8. The lowest BCUT2D eigenvalue weighted by Crippen LogP contribution is -2.58. The fourth-order valence-corrected chi connectivity index (χ4v) is 2.87. The summed E-state index contributed by atoms with van der Waals surface area (Å²) in [5.41, 5.74) is 3.40. The maximum absolute atomic E-state index is 3.49. The molecule has 2 nitrogen and oxygen atoms in total. The number of rotatable bonds is 3. The van der Waals surface area contributed by atoms with Gasteiger partial charge in [0.05, 0.1) is 0 Å². The van der Waals surface area contributed by atoms with E-state index < -0.39 is 0 Å². The summed E-state index contributed by atoms with van der Waals surface area (Å²) in [4.78, 5) is 2.61. The first-order valence-electron chi connectivity index (χ1n) is 7.84. The van der Waals surface area contributed by atoms with Crippen LogP contribution in [0.3, 0.4) is 0 Å². The van der Waals surface area contributed by atoms with Gasteiger partial charge in [0.2, 0.25) is 0 Å². The molecule has 1 N–H and O–H groups in total. The minimum Gasteiger partial charge on any atom is -0.314 e. The lowest BCUT2D eigenvalue weighted by molar-refractivity contribution is 0.0921. The number of hydrogen-bond acceptors (Lipinski definition) is 2. The molecule has 1 saturated heterocycles. The molecule has 1 heterocycles. The summed E-state index contributed by atoms with van der Waals surface area (Å²) in [5, 5.41) is 3.49. The van der Waals surface area contributed by atoms with Gasteiger partial charge in [-0.3, -0.25) is 4.90 Å².